The van der Waals surface area contributed by atoms with Crippen LogP contribution in [0, 0.1) is 5.41 Å². The molecule has 1 aliphatic rings. The van der Waals surface area contributed by atoms with E-state index in [0.29, 0.717) is 32.8 Å². The Kier molecular flexibility index (Phi) is 16.6. The zero-order chi connectivity index (χ0) is 23.8. The number of halogens is 3. The first kappa shape index (κ1) is 30.2. The first-order valence-corrected chi connectivity index (χ1v) is 13.3. The van der Waals surface area contributed by atoms with Crippen LogP contribution < -0.4 is 0 Å². The second kappa shape index (κ2) is 17.6. The lowest BCUT2D eigenvalue weighted by molar-refractivity contribution is -0.257. The first-order valence-electron chi connectivity index (χ1n) is 12.1. The van der Waals surface area contributed by atoms with Crippen LogP contribution in [0.25, 0.3) is 0 Å². The Bertz CT molecular complexity index is 493. The first-order chi connectivity index (χ1) is 15.3. The number of rotatable bonds is 17. The molecule has 1 fully saturated rings. The highest BCUT2D eigenvalue weighted by Gasteiger charge is 2.43. The average Bonchev–Trinajstić information content (AvgIpc) is 2.74. The summed E-state index contributed by atoms with van der Waals surface area (Å²) in [6.07, 6.45) is 8.38. The van der Waals surface area contributed by atoms with Crippen LogP contribution in [0.1, 0.15) is 85.0 Å². The van der Waals surface area contributed by atoms with Gasteiger partial charge in [-0.1, -0.05) is 94.1 Å². The Morgan fingerprint density at radius 3 is 2.00 bits per heavy atom. The molecule has 0 amide bonds. The zero-order valence-corrected chi connectivity index (χ0v) is 22.2. The summed E-state index contributed by atoms with van der Waals surface area (Å²) < 4.78 is 28.1. The molecule has 1 aliphatic heterocycles. The van der Waals surface area contributed by atoms with E-state index in [9.17, 15) is 0 Å². The fourth-order valence-corrected chi connectivity index (χ4v) is 3.62. The number of hydrogen-bond donors (Lipinski definition) is 1. The molecule has 1 N–H and O–H groups in total. The third-order valence-electron chi connectivity index (χ3n) is 5.30. The minimum Gasteiger partial charge on any atom is -0.448 e. The normalized spacial score (nSPS) is 23.9. The summed E-state index contributed by atoms with van der Waals surface area (Å²) >= 11 is 17.4. The molecule has 1 unspecified atom stereocenters. The van der Waals surface area contributed by atoms with Gasteiger partial charge >= 0.3 is 0 Å². The number of ether oxygens (including phenoxy) is 5. The molecule has 0 aliphatic carbocycles. The molecule has 1 heterocycles. The SMILES string of the molecule is CCCCCOC[C@H]1OC(OC(=N)C(Cl)(Cl)Cl)C[C@@H](OCCCCC)[C@H]1OCCCCC. The van der Waals surface area contributed by atoms with Crippen molar-refractivity contribution in [1.29, 1.82) is 5.41 Å². The maximum atomic E-state index is 7.92. The van der Waals surface area contributed by atoms with Gasteiger partial charge in [-0.15, -0.1) is 0 Å². The third kappa shape index (κ3) is 12.6. The molecule has 0 aromatic rings. The average molecular weight is 519 g/mol. The molecule has 0 spiro atoms. The second-order valence-corrected chi connectivity index (χ2v) is 10.5. The van der Waals surface area contributed by atoms with E-state index < -0.39 is 22.1 Å². The van der Waals surface area contributed by atoms with Crippen LogP contribution in [0.5, 0.6) is 0 Å². The Morgan fingerprint density at radius 1 is 0.875 bits per heavy atom. The minimum atomic E-state index is -1.94. The van der Waals surface area contributed by atoms with Gasteiger partial charge in [0.15, 0.2) is 0 Å². The summed E-state index contributed by atoms with van der Waals surface area (Å²) in [6.45, 7) is 8.77. The Labute approximate surface area is 209 Å². The predicted molar refractivity (Wildman–Crippen MR) is 131 cm³/mol. The summed E-state index contributed by atoms with van der Waals surface area (Å²) in [7, 11) is 0. The predicted octanol–water partition coefficient (Wildman–Crippen LogP) is 6.82. The Balaban J connectivity index is 2.84. The van der Waals surface area contributed by atoms with Crippen LogP contribution in [0.2, 0.25) is 0 Å². The van der Waals surface area contributed by atoms with E-state index in [-0.39, 0.29) is 12.2 Å². The van der Waals surface area contributed by atoms with E-state index >= 15 is 0 Å². The molecule has 32 heavy (non-hydrogen) atoms. The van der Waals surface area contributed by atoms with Gasteiger partial charge in [0.05, 0.1) is 12.7 Å². The van der Waals surface area contributed by atoms with Crippen molar-refractivity contribution < 1.29 is 23.7 Å². The van der Waals surface area contributed by atoms with Crippen molar-refractivity contribution >= 4 is 40.7 Å². The van der Waals surface area contributed by atoms with Gasteiger partial charge in [-0.25, -0.2) is 0 Å². The van der Waals surface area contributed by atoms with Gasteiger partial charge in [0.1, 0.15) is 12.2 Å². The number of unbranched alkanes of at least 4 members (excludes halogenated alkanes) is 6. The van der Waals surface area contributed by atoms with Crippen LogP contribution in [-0.4, -0.2) is 60.7 Å². The van der Waals surface area contributed by atoms with Crippen molar-refractivity contribution in [3.63, 3.8) is 0 Å². The Morgan fingerprint density at radius 2 is 1.44 bits per heavy atom. The highest BCUT2D eigenvalue weighted by atomic mass is 35.6. The van der Waals surface area contributed by atoms with Gasteiger partial charge in [-0.3, -0.25) is 5.41 Å². The van der Waals surface area contributed by atoms with E-state index in [2.05, 4.69) is 20.8 Å². The summed E-state index contributed by atoms with van der Waals surface area (Å²) in [6, 6.07) is 0. The largest absolute Gasteiger partial charge is 0.448 e. The molecule has 0 aromatic heterocycles. The summed E-state index contributed by atoms with van der Waals surface area (Å²) in [5, 5.41) is 7.92. The van der Waals surface area contributed by atoms with Gasteiger partial charge in [0, 0.05) is 26.2 Å². The van der Waals surface area contributed by atoms with Crippen molar-refractivity contribution in [2.24, 2.45) is 0 Å². The van der Waals surface area contributed by atoms with Gasteiger partial charge in [-0.05, 0) is 19.3 Å². The number of alkyl halides is 3. The lowest BCUT2D eigenvalue weighted by Crippen LogP contribution is -2.54. The zero-order valence-electron chi connectivity index (χ0n) is 19.9. The monoisotopic (exact) mass is 517 g/mol. The second-order valence-electron chi connectivity index (χ2n) is 8.23. The van der Waals surface area contributed by atoms with Crippen molar-refractivity contribution in [3.05, 3.63) is 0 Å². The molecular weight excluding hydrogens is 477 g/mol. The van der Waals surface area contributed by atoms with E-state index in [0.717, 1.165) is 57.8 Å². The molecular formula is C23H42Cl3NO5. The van der Waals surface area contributed by atoms with Gasteiger partial charge < -0.3 is 23.7 Å². The molecule has 1 saturated heterocycles. The maximum absolute atomic E-state index is 7.92. The molecule has 0 radical (unpaired) electrons. The van der Waals surface area contributed by atoms with Crippen LogP contribution in [0.4, 0.5) is 0 Å². The summed E-state index contributed by atoms with van der Waals surface area (Å²) in [5.41, 5.74) is 0. The van der Waals surface area contributed by atoms with Gasteiger partial charge in [-0.2, -0.15) is 0 Å². The van der Waals surface area contributed by atoms with Gasteiger partial charge in [0.25, 0.3) is 3.79 Å². The summed E-state index contributed by atoms with van der Waals surface area (Å²) in [4.78, 5) is 0. The van der Waals surface area contributed by atoms with Crippen LogP contribution in [0.15, 0.2) is 0 Å². The molecule has 9 heteroatoms. The maximum Gasteiger partial charge on any atom is 0.265 e. The highest BCUT2D eigenvalue weighted by molar-refractivity contribution is 6.76. The third-order valence-corrected chi connectivity index (χ3v) is 5.82. The molecule has 6 nitrogen and oxygen atoms in total. The molecule has 190 valence electrons. The van der Waals surface area contributed by atoms with Crippen LogP contribution in [-0.2, 0) is 23.7 Å². The van der Waals surface area contributed by atoms with Crippen molar-refractivity contribution in [2.75, 3.05) is 26.4 Å². The van der Waals surface area contributed by atoms with E-state index in [4.69, 9.17) is 63.9 Å². The fourth-order valence-electron chi connectivity index (χ4n) is 3.49. The van der Waals surface area contributed by atoms with Gasteiger partial charge in [0.2, 0.25) is 12.2 Å². The lowest BCUT2D eigenvalue weighted by atomic mass is 10.0. The van der Waals surface area contributed by atoms with E-state index in [1.165, 1.54) is 0 Å². The molecule has 0 saturated carbocycles. The molecule has 4 atom stereocenters. The van der Waals surface area contributed by atoms with Crippen molar-refractivity contribution in [2.45, 2.75) is 113 Å². The number of nitrogens with one attached hydrogen (secondary N) is 1. The minimum absolute atomic E-state index is 0.250. The van der Waals surface area contributed by atoms with E-state index in [1.54, 1.807) is 0 Å². The summed E-state index contributed by atoms with van der Waals surface area (Å²) in [5.74, 6) is -0.470. The highest BCUT2D eigenvalue weighted by Crippen LogP contribution is 2.32. The number of hydrogen-bond acceptors (Lipinski definition) is 6. The standard InChI is InChI=1S/C23H42Cl3NO5/c1-4-7-10-13-28-17-19-21(30-15-12-9-6-3)18(29-14-11-8-5-2)16-20(31-19)32-22(27)23(24,25)26/h18-21,27H,4-17H2,1-3H3/t18-,19-,20?,21-/m1/s1. The van der Waals surface area contributed by atoms with Crippen LogP contribution >= 0.6 is 34.8 Å². The Hall–Kier alpha value is 0.180. The topological polar surface area (TPSA) is 70.0 Å². The quantitative estimate of drug-likeness (QED) is 0.0989. The molecule has 0 bridgehead atoms. The molecule has 1 rings (SSSR count). The van der Waals surface area contributed by atoms with Crippen molar-refractivity contribution in [3.8, 4) is 0 Å². The lowest BCUT2D eigenvalue weighted by Gasteiger charge is -2.41. The van der Waals surface area contributed by atoms with Crippen LogP contribution in [0.3, 0.4) is 0 Å². The van der Waals surface area contributed by atoms with Crippen molar-refractivity contribution in [1.82, 2.24) is 0 Å². The smallest absolute Gasteiger partial charge is 0.265 e. The fraction of sp³-hybridized carbons (Fsp3) is 0.957. The molecule has 0 aromatic carbocycles. The van der Waals surface area contributed by atoms with E-state index in [1.807, 2.05) is 0 Å².